The van der Waals surface area contributed by atoms with Crippen LogP contribution in [0.5, 0.6) is 0 Å². The number of nitrogens with zero attached hydrogens (tertiary/aromatic N) is 2. The standard InChI is InChI=1S/C14H19N3O/c1-9(2)11-4-6-12(7-5-11)13-16-14(18-17-13)10(3)8-15/h4-7,9-10H,8,15H2,1-3H3. The molecule has 0 radical (unpaired) electrons. The monoisotopic (exact) mass is 245 g/mol. The van der Waals surface area contributed by atoms with Gasteiger partial charge in [0.2, 0.25) is 11.7 Å². The summed E-state index contributed by atoms with van der Waals surface area (Å²) in [4.78, 5) is 4.37. The van der Waals surface area contributed by atoms with E-state index in [9.17, 15) is 0 Å². The first-order valence-corrected chi connectivity index (χ1v) is 6.25. The third-order valence-corrected chi connectivity index (χ3v) is 3.05. The first-order chi connectivity index (χ1) is 8.61. The van der Waals surface area contributed by atoms with Crippen molar-refractivity contribution >= 4 is 0 Å². The summed E-state index contributed by atoms with van der Waals surface area (Å²) in [5, 5.41) is 3.99. The van der Waals surface area contributed by atoms with Crippen molar-refractivity contribution in [3.8, 4) is 11.4 Å². The summed E-state index contributed by atoms with van der Waals surface area (Å²) >= 11 is 0. The lowest BCUT2D eigenvalue weighted by atomic mass is 10.0. The molecule has 0 saturated heterocycles. The molecule has 1 heterocycles. The van der Waals surface area contributed by atoms with Gasteiger partial charge in [-0.25, -0.2) is 0 Å². The molecule has 0 aliphatic rings. The molecule has 0 bridgehead atoms. The predicted octanol–water partition coefficient (Wildman–Crippen LogP) is 2.92. The first kappa shape index (κ1) is 12.8. The van der Waals surface area contributed by atoms with Gasteiger partial charge in [0.15, 0.2) is 0 Å². The van der Waals surface area contributed by atoms with Crippen molar-refractivity contribution < 1.29 is 4.52 Å². The van der Waals surface area contributed by atoms with Gasteiger partial charge in [-0.15, -0.1) is 0 Å². The first-order valence-electron chi connectivity index (χ1n) is 6.25. The minimum atomic E-state index is 0.0983. The van der Waals surface area contributed by atoms with Gasteiger partial charge in [-0.05, 0) is 11.5 Å². The van der Waals surface area contributed by atoms with Crippen LogP contribution >= 0.6 is 0 Å². The Morgan fingerprint density at radius 1 is 1.17 bits per heavy atom. The number of rotatable bonds is 4. The van der Waals surface area contributed by atoms with Crippen molar-refractivity contribution in [3.05, 3.63) is 35.7 Å². The van der Waals surface area contributed by atoms with E-state index in [1.165, 1.54) is 5.56 Å². The zero-order valence-electron chi connectivity index (χ0n) is 11.1. The molecular formula is C14H19N3O. The maximum Gasteiger partial charge on any atom is 0.231 e. The lowest BCUT2D eigenvalue weighted by Crippen LogP contribution is -2.08. The van der Waals surface area contributed by atoms with Gasteiger partial charge >= 0.3 is 0 Å². The molecule has 2 N–H and O–H groups in total. The molecule has 1 unspecified atom stereocenters. The molecule has 0 amide bonds. The normalized spacial score (nSPS) is 12.9. The van der Waals surface area contributed by atoms with Gasteiger partial charge in [0.05, 0.1) is 0 Å². The molecule has 4 nitrogen and oxygen atoms in total. The zero-order valence-corrected chi connectivity index (χ0v) is 11.1. The van der Waals surface area contributed by atoms with Crippen LogP contribution in [-0.4, -0.2) is 16.7 Å². The molecule has 2 rings (SSSR count). The van der Waals surface area contributed by atoms with E-state index in [-0.39, 0.29) is 5.92 Å². The van der Waals surface area contributed by atoms with Crippen molar-refractivity contribution in [2.75, 3.05) is 6.54 Å². The Morgan fingerprint density at radius 3 is 2.39 bits per heavy atom. The molecule has 2 aromatic rings. The number of nitrogens with two attached hydrogens (primary N) is 1. The van der Waals surface area contributed by atoms with Crippen molar-refractivity contribution in [1.82, 2.24) is 10.1 Å². The quantitative estimate of drug-likeness (QED) is 0.899. The molecule has 4 heteroatoms. The average Bonchev–Trinajstić information content (AvgIpc) is 2.87. The van der Waals surface area contributed by atoms with Crippen molar-refractivity contribution in [1.29, 1.82) is 0 Å². The van der Waals surface area contributed by atoms with Crippen LogP contribution in [-0.2, 0) is 0 Å². The summed E-state index contributed by atoms with van der Waals surface area (Å²) in [6.07, 6.45) is 0. The molecule has 0 saturated carbocycles. The number of hydrogen-bond acceptors (Lipinski definition) is 4. The molecule has 0 fully saturated rings. The molecule has 1 aromatic carbocycles. The van der Waals surface area contributed by atoms with Crippen LogP contribution in [0.2, 0.25) is 0 Å². The summed E-state index contributed by atoms with van der Waals surface area (Å²) in [5.74, 6) is 1.85. The molecule has 1 atom stereocenters. The van der Waals surface area contributed by atoms with Gasteiger partial charge in [-0.3, -0.25) is 0 Å². The molecule has 96 valence electrons. The second kappa shape index (κ2) is 5.31. The SMILES string of the molecule is CC(C)c1ccc(-c2noc(C(C)CN)n2)cc1. The molecule has 0 aliphatic carbocycles. The van der Waals surface area contributed by atoms with Crippen LogP contribution in [0.1, 0.15) is 44.1 Å². The minimum absolute atomic E-state index is 0.0983. The Bertz CT molecular complexity index is 502. The summed E-state index contributed by atoms with van der Waals surface area (Å²) in [7, 11) is 0. The summed E-state index contributed by atoms with van der Waals surface area (Å²) < 4.78 is 5.21. The van der Waals surface area contributed by atoms with Crippen molar-refractivity contribution in [2.24, 2.45) is 5.73 Å². The van der Waals surface area contributed by atoms with E-state index in [0.29, 0.717) is 24.2 Å². The van der Waals surface area contributed by atoms with Gasteiger partial charge in [-0.2, -0.15) is 4.98 Å². The predicted molar refractivity (Wildman–Crippen MR) is 71.3 cm³/mol. The van der Waals surface area contributed by atoms with Crippen LogP contribution in [0.3, 0.4) is 0 Å². The second-order valence-corrected chi connectivity index (χ2v) is 4.87. The maximum absolute atomic E-state index is 5.58. The highest BCUT2D eigenvalue weighted by Gasteiger charge is 2.13. The second-order valence-electron chi connectivity index (χ2n) is 4.87. The van der Waals surface area contributed by atoms with E-state index >= 15 is 0 Å². The highest BCUT2D eigenvalue weighted by molar-refractivity contribution is 5.54. The third-order valence-electron chi connectivity index (χ3n) is 3.05. The Morgan fingerprint density at radius 2 is 1.83 bits per heavy atom. The fourth-order valence-electron chi connectivity index (χ4n) is 1.67. The Hall–Kier alpha value is -1.68. The van der Waals surface area contributed by atoms with Gasteiger partial charge in [0, 0.05) is 18.0 Å². The van der Waals surface area contributed by atoms with E-state index in [0.717, 1.165) is 5.56 Å². The van der Waals surface area contributed by atoms with Crippen LogP contribution in [0.25, 0.3) is 11.4 Å². The van der Waals surface area contributed by atoms with E-state index in [2.05, 4.69) is 36.1 Å². The highest BCUT2D eigenvalue weighted by Crippen LogP contribution is 2.22. The summed E-state index contributed by atoms with van der Waals surface area (Å²) in [6.45, 7) is 6.82. The van der Waals surface area contributed by atoms with E-state index in [1.807, 2.05) is 19.1 Å². The average molecular weight is 245 g/mol. The summed E-state index contributed by atoms with van der Waals surface area (Å²) in [5.41, 5.74) is 7.85. The summed E-state index contributed by atoms with van der Waals surface area (Å²) in [6, 6.07) is 8.25. The highest BCUT2D eigenvalue weighted by atomic mass is 16.5. The van der Waals surface area contributed by atoms with E-state index in [4.69, 9.17) is 10.3 Å². The van der Waals surface area contributed by atoms with Gasteiger partial charge in [0.1, 0.15) is 0 Å². The van der Waals surface area contributed by atoms with Crippen LogP contribution in [0, 0.1) is 0 Å². The third kappa shape index (κ3) is 2.59. The Labute approximate surface area is 107 Å². The van der Waals surface area contributed by atoms with Gasteiger partial charge in [-0.1, -0.05) is 50.2 Å². The number of hydrogen-bond donors (Lipinski definition) is 1. The smallest absolute Gasteiger partial charge is 0.231 e. The Kier molecular flexibility index (Phi) is 3.77. The fraction of sp³-hybridized carbons (Fsp3) is 0.429. The minimum Gasteiger partial charge on any atom is -0.339 e. The zero-order chi connectivity index (χ0) is 13.1. The molecule has 1 aromatic heterocycles. The van der Waals surface area contributed by atoms with Crippen molar-refractivity contribution in [2.45, 2.75) is 32.6 Å². The van der Waals surface area contributed by atoms with E-state index < -0.39 is 0 Å². The maximum atomic E-state index is 5.58. The van der Waals surface area contributed by atoms with Crippen LogP contribution < -0.4 is 5.73 Å². The van der Waals surface area contributed by atoms with Crippen molar-refractivity contribution in [3.63, 3.8) is 0 Å². The largest absolute Gasteiger partial charge is 0.339 e. The van der Waals surface area contributed by atoms with Gasteiger partial charge in [0.25, 0.3) is 0 Å². The fourth-order valence-corrected chi connectivity index (χ4v) is 1.67. The lowest BCUT2D eigenvalue weighted by molar-refractivity contribution is 0.361. The van der Waals surface area contributed by atoms with Crippen LogP contribution in [0.15, 0.2) is 28.8 Å². The Balaban J connectivity index is 2.23. The van der Waals surface area contributed by atoms with Gasteiger partial charge < -0.3 is 10.3 Å². The molecule has 0 aliphatic heterocycles. The molecular weight excluding hydrogens is 226 g/mol. The van der Waals surface area contributed by atoms with E-state index in [1.54, 1.807) is 0 Å². The molecule has 18 heavy (non-hydrogen) atoms. The number of aromatic nitrogens is 2. The van der Waals surface area contributed by atoms with Crippen LogP contribution in [0.4, 0.5) is 0 Å². The molecule has 0 spiro atoms. The number of benzene rings is 1. The lowest BCUT2D eigenvalue weighted by Gasteiger charge is -2.04. The topological polar surface area (TPSA) is 64.9 Å².